The highest BCUT2D eigenvalue weighted by Crippen LogP contribution is 2.17. The molecule has 0 bridgehead atoms. The van der Waals surface area contributed by atoms with Crippen molar-refractivity contribution in [2.24, 2.45) is 0 Å². The number of nitrogens with one attached hydrogen (secondary N) is 2. The predicted molar refractivity (Wildman–Crippen MR) is 89.7 cm³/mol. The van der Waals surface area contributed by atoms with Gasteiger partial charge in [-0.1, -0.05) is 12.1 Å². The van der Waals surface area contributed by atoms with Gasteiger partial charge in [-0.05, 0) is 76.4 Å². The van der Waals surface area contributed by atoms with Crippen LogP contribution >= 0.6 is 0 Å². The van der Waals surface area contributed by atoms with Crippen LogP contribution in [0, 0.1) is 0 Å². The maximum Gasteiger partial charge on any atom is 0.0342 e. The number of anilines is 1. The molecular formula is C18H29N3. The molecule has 2 aliphatic rings. The molecule has 21 heavy (non-hydrogen) atoms. The molecule has 2 N–H and O–H groups in total. The van der Waals surface area contributed by atoms with Crippen LogP contribution in [0.15, 0.2) is 24.3 Å². The number of likely N-dealkylation sites (tertiary alicyclic amines) is 1. The molecule has 2 saturated heterocycles. The van der Waals surface area contributed by atoms with E-state index < -0.39 is 0 Å². The number of rotatable bonds is 6. The highest BCUT2D eigenvalue weighted by molar-refractivity contribution is 5.45. The van der Waals surface area contributed by atoms with Gasteiger partial charge in [0.1, 0.15) is 0 Å². The Bertz CT molecular complexity index is 417. The number of nitrogens with zero attached hydrogens (tertiary/aromatic N) is 1. The Morgan fingerprint density at radius 3 is 2.62 bits per heavy atom. The third-order valence-corrected chi connectivity index (χ3v) is 4.77. The first-order valence-corrected chi connectivity index (χ1v) is 8.61. The van der Waals surface area contributed by atoms with E-state index in [-0.39, 0.29) is 0 Å². The van der Waals surface area contributed by atoms with E-state index in [2.05, 4.69) is 46.7 Å². The van der Waals surface area contributed by atoms with Gasteiger partial charge in [-0.2, -0.15) is 0 Å². The summed E-state index contributed by atoms with van der Waals surface area (Å²) in [5.41, 5.74) is 2.69. The largest absolute Gasteiger partial charge is 0.383 e. The highest BCUT2D eigenvalue weighted by Gasteiger charge is 2.17. The second-order valence-corrected chi connectivity index (χ2v) is 6.75. The molecule has 2 heterocycles. The van der Waals surface area contributed by atoms with Gasteiger partial charge in [-0.25, -0.2) is 0 Å². The average Bonchev–Trinajstić information content (AvgIpc) is 3.14. The van der Waals surface area contributed by atoms with Crippen molar-refractivity contribution in [2.45, 2.75) is 57.7 Å². The minimum absolute atomic E-state index is 0.532. The zero-order chi connectivity index (χ0) is 14.5. The Morgan fingerprint density at radius 1 is 1.19 bits per heavy atom. The number of benzene rings is 1. The van der Waals surface area contributed by atoms with Crippen molar-refractivity contribution in [2.75, 3.05) is 25.0 Å². The monoisotopic (exact) mass is 287 g/mol. The maximum absolute atomic E-state index is 3.64. The minimum Gasteiger partial charge on any atom is -0.383 e. The van der Waals surface area contributed by atoms with Gasteiger partial charge in [0.15, 0.2) is 0 Å². The second-order valence-electron chi connectivity index (χ2n) is 6.75. The number of hydrogen-bond acceptors (Lipinski definition) is 3. The lowest BCUT2D eigenvalue weighted by Gasteiger charge is -2.20. The van der Waals surface area contributed by atoms with Crippen LogP contribution in [0.3, 0.4) is 0 Å². The van der Waals surface area contributed by atoms with Crippen LogP contribution in [0.4, 0.5) is 5.69 Å². The van der Waals surface area contributed by atoms with E-state index in [1.807, 2.05) is 0 Å². The maximum atomic E-state index is 3.64. The molecule has 2 atom stereocenters. The fraction of sp³-hybridized carbons (Fsp3) is 0.667. The van der Waals surface area contributed by atoms with Gasteiger partial charge >= 0.3 is 0 Å². The van der Waals surface area contributed by atoms with Crippen LogP contribution in [-0.2, 0) is 6.54 Å². The smallest absolute Gasteiger partial charge is 0.0342 e. The molecule has 2 aliphatic heterocycles. The lowest BCUT2D eigenvalue weighted by Crippen LogP contribution is -2.29. The summed E-state index contributed by atoms with van der Waals surface area (Å²) in [7, 11) is 0. The van der Waals surface area contributed by atoms with Gasteiger partial charge in [0.2, 0.25) is 0 Å². The molecule has 1 aromatic carbocycles. The molecule has 0 spiro atoms. The van der Waals surface area contributed by atoms with E-state index in [1.54, 1.807) is 0 Å². The fourth-order valence-corrected chi connectivity index (χ4v) is 3.63. The van der Waals surface area contributed by atoms with E-state index >= 15 is 0 Å². The van der Waals surface area contributed by atoms with Gasteiger partial charge in [-0.3, -0.25) is 4.90 Å². The zero-order valence-corrected chi connectivity index (χ0v) is 13.3. The van der Waals surface area contributed by atoms with Crippen molar-refractivity contribution in [1.82, 2.24) is 10.2 Å². The van der Waals surface area contributed by atoms with Crippen molar-refractivity contribution in [3.8, 4) is 0 Å². The van der Waals surface area contributed by atoms with E-state index in [0.717, 1.165) is 6.54 Å². The first-order valence-electron chi connectivity index (χ1n) is 8.61. The Balaban J connectivity index is 1.46. The molecule has 0 aromatic heterocycles. The Kier molecular flexibility index (Phi) is 5.15. The SMILES string of the molecule is CC(CC1CCCN1)Nc1ccc(CN2CCCC2)cc1. The van der Waals surface area contributed by atoms with Gasteiger partial charge in [-0.15, -0.1) is 0 Å². The molecule has 0 saturated carbocycles. The van der Waals surface area contributed by atoms with Crippen molar-refractivity contribution in [1.29, 1.82) is 0 Å². The van der Waals surface area contributed by atoms with E-state index in [9.17, 15) is 0 Å². The molecule has 0 amide bonds. The summed E-state index contributed by atoms with van der Waals surface area (Å²) < 4.78 is 0. The molecule has 116 valence electrons. The Morgan fingerprint density at radius 2 is 1.95 bits per heavy atom. The van der Waals surface area contributed by atoms with Crippen LogP contribution in [0.2, 0.25) is 0 Å². The third kappa shape index (κ3) is 4.45. The predicted octanol–water partition coefficient (Wildman–Crippen LogP) is 3.22. The molecule has 1 aromatic rings. The minimum atomic E-state index is 0.532. The Hall–Kier alpha value is -1.06. The molecule has 0 aliphatic carbocycles. The van der Waals surface area contributed by atoms with Crippen molar-refractivity contribution < 1.29 is 0 Å². The van der Waals surface area contributed by atoms with Gasteiger partial charge in [0, 0.05) is 24.3 Å². The normalized spacial score (nSPS) is 24.3. The lowest BCUT2D eigenvalue weighted by molar-refractivity contribution is 0.331. The molecule has 3 heteroatoms. The lowest BCUT2D eigenvalue weighted by atomic mass is 10.1. The average molecular weight is 287 g/mol. The molecule has 3 nitrogen and oxygen atoms in total. The van der Waals surface area contributed by atoms with E-state index in [1.165, 1.54) is 63.0 Å². The summed E-state index contributed by atoms with van der Waals surface area (Å²) in [6.45, 7) is 7.14. The molecule has 0 radical (unpaired) electrons. The molecule has 2 fully saturated rings. The topological polar surface area (TPSA) is 27.3 Å². The standard InChI is InChI=1S/C18H29N3/c1-15(13-18-5-4-10-19-18)20-17-8-6-16(7-9-17)14-21-11-2-3-12-21/h6-9,15,18-20H,2-5,10-14H2,1H3. The third-order valence-electron chi connectivity index (χ3n) is 4.77. The van der Waals surface area contributed by atoms with Crippen LogP contribution in [0.5, 0.6) is 0 Å². The summed E-state index contributed by atoms with van der Waals surface area (Å²) in [6.07, 6.45) is 6.62. The van der Waals surface area contributed by atoms with Crippen LogP contribution in [-0.4, -0.2) is 36.6 Å². The fourth-order valence-electron chi connectivity index (χ4n) is 3.63. The quantitative estimate of drug-likeness (QED) is 0.841. The first-order chi connectivity index (χ1) is 10.3. The van der Waals surface area contributed by atoms with Crippen LogP contribution in [0.25, 0.3) is 0 Å². The van der Waals surface area contributed by atoms with Crippen molar-refractivity contribution >= 4 is 5.69 Å². The summed E-state index contributed by atoms with van der Waals surface area (Å²) in [5.74, 6) is 0. The molecular weight excluding hydrogens is 258 g/mol. The summed E-state index contributed by atoms with van der Waals surface area (Å²) in [4.78, 5) is 2.55. The van der Waals surface area contributed by atoms with Gasteiger partial charge < -0.3 is 10.6 Å². The molecule has 3 rings (SSSR count). The number of hydrogen-bond donors (Lipinski definition) is 2. The summed E-state index contributed by atoms with van der Waals surface area (Å²) in [6, 6.07) is 10.3. The Labute approximate surface area is 129 Å². The first kappa shape index (κ1) is 14.9. The zero-order valence-electron chi connectivity index (χ0n) is 13.3. The van der Waals surface area contributed by atoms with Crippen LogP contribution < -0.4 is 10.6 Å². The van der Waals surface area contributed by atoms with Crippen LogP contribution in [0.1, 0.15) is 44.6 Å². The highest BCUT2D eigenvalue weighted by atomic mass is 15.1. The van der Waals surface area contributed by atoms with Gasteiger partial charge in [0.25, 0.3) is 0 Å². The van der Waals surface area contributed by atoms with Crippen molar-refractivity contribution in [3.63, 3.8) is 0 Å². The molecule has 2 unspecified atom stereocenters. The summed E-state index contributed by atoms with van der Waals surface area (Å²) in [5, 5.41) is 7.21. The van der Waals surface area contributed by atoms with E-state index in [0.29, 0.717) is 12.1 Å². The van der Waals surface area contributed by atoms with E-state index in [4.69, 9.17) is 0 Å². The summed E-state index contributed by atoms with van der Waals surface area (Å²) >= 11 is 0. The second kappa shape index (κ2) is 7.28. The van der Waals surface area contributed by atoms with Crippen molar-refractivity contribution in [3.05, 3.63) is 29.8 Å². The van der Waals surface area contributed by atoms with Gasteiger partial charge in [0.05, 0.1) is 0 Å².